The summed E-state index contributed by atoms with van der Waals surface area (Å²) in [7, 11) is 0. The third-order valence-corrected chi connectivity index (χ3v) is 3.08. The van der Waals surface area contributed by atoms with E-state index in [0.29, 0.717) is 4.47 Å². The molecular formula is C12H10BrF3N2O. The fraction of sp³-hybridized carbons (Fsp3) is 0.333. The van der Waals surface area contributed by atoms with Crippen LogP contribution >= 0.6 is 15.9 Å². The van der Waals surface area contributed by atoms with Gasteiger partial charge in [0.05, 0.1) is 17.3 Å². The summed E-state index contributed by atoms with van der Waals surface area (Å²) in [5, 5.41) is 11.1. The maximum atomic E-state index is 12.6. The number of carbonyl (C=O) groups excluding carboxylic acids is 1. The standard InChI is InChI=1S/C12H10BrF3N2O/c1-11(2,6-17)10(19)18-9-5-7(12(14,15)16)3-4-8(9)13/h3-5H,1-2H3,(H,18,19). The Kier molecular flexibility index (Phi) is 4.25. The molecular weight excluding hydrogens is 325 g/mol. The van der Waals surface area contributed by atoms with Gasteiger partial charge < -0.3 is 5.32 Å². The van der Waals surface area contributed by atoms with E-state index in [1.807, 2.05) is 0 Å². The lowest BCUT2D eigenvalue weighted by molar-refractivity contribution is -0.137. The molecule has 0 saturated carbocycles. The van der Waals surface area contributed by atoms with Gasteiger partial charge in [0.1, 0.15) is 5.41 Å². The molecule has 1 N–H and O–H groups in total. The monoisotopic (exact) mass is 334 g/mol. The van der Waals surface area contributed by atoms with Crippen LogP contribution in [-0.4, -0.2) is 5.91 Å². The van der Waals surface area contributed by atoms with Crippen molar-refractivity contribution < 1.29 is 18.0 Å². The summed E-state index contributed by atoms with van der Waals surface area (Å²) in [5.74, 6) is -0.671. The number of hydrogen-bond donors (Lipinski definition) is 1. The number of nitrogens with one attached hydrogen (secondary N) is 1. The Bertz CT molecular complexity index is 547. The smallest absolute Gasteiger partial charge is 0.324 e. The van der Waals surface area contributed by atoms with Gasteiger partial charge in [0, 0.05) is 4.47 Å². The zero-order chi connectivity index (χ0) is 14.8. The van der Waals surface area contributed by atoms with Crippen molar-refractivity contribution in [2.45, 2.75) is 20.0 Å². The summed E-state index contributed by atoms with van der Waals surface area (Å²) >= 11 is 3.05. The number of rotatable bonds is 2. The highest BCUT2D eigenvalue weighted by Crippen LogP contribution is 2.34. The van der Waals surface area contributed by atoms with E-state index in [-0.39, 0.29) is 5.69 Å². The number of benzene rings is 1. The number of hydrogen-bond acceptors (Lipinski definition) is 2. The fourth-order valence-corrected chi connectivity index (χ4v) is 1.47. The van der Waals surface area contributed by atoms with Crippen LogP contribution in [0, 0.1) is 16.7 Å². The summed E-state index contributed by atoms with van der Waals surface area (Å²) in [6.07, 6.45) is -4.50. The first-order valence-corrected chi connectivity index (χ1v) is 5.96. The molecule has 0 bridgehead atoms. The lowest BCUT2D eigenvalue weighted by Crippen LogP contribution is -2.29. The minimum atomic E-state index is -4.50. The molecule has 0 aliphatic rings. The van der Waals surface area contributed by atoms with Gasteiger partial charge in [-0.1, -0.05) is 0 Å². The highest BCUT2D eigenvalue weighted by molar-refractivity contribution is 9.10. The predicted octanol–water partition coefficient (Wildman–Crippen LogP) is 3.96. The minimum Gasteiger partial charge on any atom is -0.324 e. The molecule has 0 fully saturated rings. The van der Waals surface area contributed by atoms with Crippen molar-refractivity contribution in [3.05, 3.63) is 28.2 Å². The van der Waals surface area contributed by atoms with Crippen LogP contribution in [0.3, 0.4) is 0 Å². The first-order chi connectivity index (χ1) is 8.58. The molecule has 102 valence electrons. The molecule has 0 aromatic heterocycles. The number of nitrogens with zero attached hydrogens (tertiary/aromatic N) is 1. The molecule has 1 aromatic carbocycles. The van der Waals surface area contributed by atoms with Crippen LogP contribution in [0.5, 0.6) is 0 Å². The molecule has 0 radical (unpaired) electrons. The van der Waals surface area contributed by atoms with E-state index in [2.05, 4.69) is 21.2 Å². The Morgan fingerprint density at radius 1 is 1.37 bits per heavy atom. The van der Waals surface area contributed by atoms with Crippen molar-refractivity contribution in [2.24, 2.45) is 5.41 Å². The fourth-order valence-electron chi connectivity index (χ4n) is 1.13. The van der Waals surface area contributed by atoms with Crippen LogP contribution in [-0.2, 0) is 11.0 Å². The maximum Gasteiger partial charge on any atom is 0.416 e. The average Bonchev–Trinajstić information content (AvgIpc) is 2.30. The SMILES string of the molecule is CC(C)(C#N)C(=O)Nc1cc(C(F)(F)F)ccc1Br. The van der Waals surface area contributed by atoms with E-state index in [1.54, 1.807) is 6.07 Å². The van der Waals surface area contributed by atoms with Gasteiger partial charge in [-0.2, -0.15) is 18.4 Å². The lowest BCUT2D eigenvalue weighted by Gasteiger charge is -2.17. The zero-order valence-corrected chi connectivity index (χ0v) is 11.7. The van der Waals surface area contributed by atoms with Gasteiger partial charge in [0.2, 0.25) is 5.91 Å². The molecule has 0 aliphatic carbocycles. The highest BCUT2D eigenvalue weighted by Gasteiger charge is 2.32. The van der Waals surface area contributed by atoms with E-state index < -0.39 is 23.1 Å². The summed E-state index contributed by atoms with van der Waals surface area (Å²) in [5.41, 5.74) is -2.22. The Labute approximate surface area is 116 Å². The molecule has 0 saturated heterocycles. The van der Waals surface area contributed by atoms with Gasteiger partial charge in [-0.05, 0) is 48.0 Å². The molecule has 0 spiro atoms. The van der Waals surface area contributed by atoms with Gasteiger partial charge in [-0.25, -0.2) is 0 Å². The normalized spacial score (nSPS) is 11.8. The van der Waals surface area contributed by atoms with Crippen molar-refractivity contribution in [1.82, 2.24) is 0 Å². The summed E-state index contributed by atoms with van der Waals surface area (Å²) in [6.45, 7) is 2.76. The van der Waals surface area contributed by atoms with Crippen LogP contribution in [0.1, 0.15) is 19.4 Å². The van der Waals surface area contributed by atoms with E-state index in [1.165, 1.54) is 19.9 Å². The number of anilines is 1. The molecule has 1 rings (SSSR count). The van der Waals surface area contributed by atoms with Gasteiger partial charge in [0.25, 0.3) is 0 Å². The number of carbonyl (C=O) groups is 1. The number of amides is 1. The predicted molar refractivity (Wildman–Crippen MR) is 67.2 cm³/mol. The summed E-state index contributed by atoms with van der Waals surface area (Å²) in [6, 6.07) is 4.68. The number of nitriles is 1. The number of alkyl halides is 3. The Hall–Kier alpha value is -1.55. The van der Waals surface area contributed by atoms with Gasteiger partial charge in [-0.15, -0.1) is 0 Å². The van der Waals surface area contributed by atoms with Crippen molar-refractivity contribution in [3.63, 3.8) is 0 Å². The van der Waals surface area contributed by atoms with Crippen molar-refractivity contribution in [1.29, 1.82) is 5.26 Å². The van der Waals surface area contributed by atoms with Gasteiger partial charge >= 0.3 is 6.18 Å². The average molecular weight is 335 g/mol. The zero-order valence-electron chi connectivity index (χ0n) is 10.1. The quantitative estimate of drug-likeness (QED) is 0.890. The molecule has 3 nitrogen and oxygen atoms in total. The topological polar surface area (TPSA) is 52.9 Å². The molecule has 0 heterocycles. The second kappa shape index (κ2) is 5.21. The maximum absolute atomic E-state index is 12.6. The Balaban J connectivity index is 3.09. The number of halogens is 4. The highest BCUT2D eigenvalue weighted by atomic mass is 79.9. The Morgan fingerprint density at radius 2 is 1.95 bits per heavy atom. The molecule has 1 aromatic rings. The molecule has 1 amide bonds. The first kappa shape index (κ1) is 15.5. The van der Waals surface area contributed by atoms with Crippen LogP contribution in [0.2, 0.25) is 0 Å². The largest absolute Gasteiger partial charge is 0.416 e. The third-order valence-electron chi connectivity index (χ3n) is 2.39. The van der Waals surface area contributed by atoms with Crippen LogP contribution in [0.15, 0.2) is 22.7 Å². The molecule has 0 aliphatic heterocycles. The van der Waals surface area contributed by atoms with E-state index in [9.17, 15) is 18.0 Å². The van der Waals surface area contributed by atoms with E-state index in [0.717, 1.165) is 12.1 Å². The van der Waals surface area contributed by atoms with Crippen molar-refractivity contribution in [3.8, 4) is 6.07 Å². The van der Waals surface area contributed by atoms with E-state index >= 15 is 0 Å². The summed E-state index contributed by atoms with van der Waals surface area (Å²) in [4.78, 5) is 11.7. The van der Waals surface area contributed by atoms with Crippen LogP contribution < -0.4 is 5.32 Å². The molecule has 19 heavy (non-hydrogen) atoms. The Morgan fingerprint density at radius 3 is 2.42 bits per heavy atom. The van der Waals surface area contributed by atoms with Gasteiger partial charge in [0.15, 0.2) is 0 Å². The van der Waals surface area contributed by atoms with Crippen molar-refractivity contribution in [2.75, 3.05) is 5.32 Å². The second-order valence-electron chi connectivity index (χ2n) is 4.38. The van der Waals surface area contributed by atoms with Crippen molar-refractivity contribution >= 4 is 27.5 Å². The van der Waals surface area contributed by atoms with Crippen LogP contribution in [0.25, 0.3) is 0 Å². The summed E-state index contributed by atoms with van der Waals surface area (Å²) < 4.78 is 38.0. The minimum absolute atomic E-state index is 0.0249. The third kappa shape index (κ3) is 3.70. The molecule has 0 unspecified atom stereocenters. The van der Waals surface area contributed by atoms with Crippen LogP contribution in [0.4, 0.5) is 18.9 Å². The molecule has 0 atom stereocenters. The lowest BCUT2D eigenvalue weighted by atomic mass is 9.94. The van der Waals surface area contributed by atoms with Gasteiger partial charge in [-0.3, -0.25) is 4.79 Å². The molecule has 7 heteroatoms. The second-order valence-corrected chi connectivity index (χ2v) is 5.24. The first-order valence-electron chi connectivity index (χ1n) is 5.17. The van der Waals surface area contributed by atoms with E-state index in [4.69, 9.17) is 5.26 Å².